The van der Waals surface area contributed by atoms with Crippen LogP contribution in [0.2, 0.25) is 0 Å². The summed E-state index contributed by atoms with van der Waals surface area (Å²) in [6, 6.07) is 0. The highest BCUT2D eigenvalue weighted by molar-refractivity contribution is 9.10. The average molecular weight is 233 g/mol. The van der Waals surface area contributed by atoms with Crippen molar-refractivity contribution in [3.8, 4) is 0 Å². The fourth-order valence-corrected chi connectivity index (χ4v) is 2.47. The van der Waals surface area contributed by atoms with E-state index in [0.717, 1.165) is 17.1 Å². The zero-order valence-electron chi connectivity index (χ0n) is 6.09. The number of hydrogen-bond acceptors (Lipinski definition) is 3. The second kappa shape index (κ2) is 3.19. The molecule has 0 aliphatic heterocycles. The molecule has 1 saturated carbocycles. The second-order valence-corrected chi connectivity index (χ2v) is 4.50. The van der Waals surface area contributed by atoms with Gasteiger partial charge in [0.2, 0.25) is 4.73 Å². The van der Waals surface area contributed by atoms with Gasteiger partial charge in [-0.05, 0) is 33.4 Å². The molecular weight excluding hydrogens is 224 g/mol. The third kappa shape index (κ3) is 1.79. The quantitative estimate of drug-likeness (QED) is 0.784. The molecule has 0 N–H and O–H groups in total. The van der Waals surface area contributed by atoms with Crippen LogP contribution >= 0.6 is 27.5 Å². The maximum Gasteiger partial charge on any atom is 0.209 e. The summed E-state index contributed by atoms with van der Waals surface area (Å²) in [5.41, 5.74) is 0. The maximum atomic E-state index is 4.26. The highest BCUT2D eigenvalue weighted by atomic mass is 79.9. The molecule has 0 bridgehead atoms. The molecule has 1 fully saturated rings. The van der Waals surface area contributed by atoms with Crippen molar-refractivity contribution in [2.75, 3.05) is 0 Å². The zero-order valence-corrected chi connectivity index (χ0v) is 8.49. The molecule has 2 rings (SSSR count). The number of hydrogen-bond donors (Lipinski definition) is 0. The Balaban J connectivity index is 1.95. The van der Waals surface area contributed by atoms with Crippen molar-refractivity contribution in [2.24, 2.45) is 5.92 Å². The number of nitrogens with zero attached hydrogens (tertiary/aromatic N) is 2. The average Bonchev–Trinajstić information content (AvgIpc) is 2.27. The summed E-state index contributed by atoms with van der Waals surface area (Å²) in [4.78, 5) is 4.26. The van der Waals surface area contributed by atoms with Crippen LogP contribution in [0.1, 0.15) is 24.3 Å². The first-order valence-electron chi connectivity index (χ1n) is 3.82. The van der Waals surface area contributed by atoms with Crippen LogP contribution in [-0.4, -0.2) is 9.36 Å². The molecular formula is C7H9BrN2S. The molecule has 0 unspecified atom stereocenters. The lowest BCUT2D eigenvalue weighted by atomic mass is 9.83. The minimum Gasteiger partial charge on any atom is -0.214 e. The van der Waals surface area contributed by atoms with Crippen LogP contribution in [0.25, 0.3) is 0 Å². The monoisotopic (exact) mass is 232 g/mol. The molecule has 1 aromatic rings. The van der Waals surface area contributed by atoms with E-state index in [1.165, 1.54) is 35.8 Å². The molecule has 1 heterocycles. The van der Waals surface area contributed by atoms with Gasteiger partial charge in [-0.2, -0.15) is 4.37 Å². The van der Waals surface area contributed by atoms with Crippen LogP contribution in [0.4, 0.5) is 0 Å². The van der Waals surface area contributed by atoms with Gasteiger partial charge in [-0.1, -0.05) is 19.3 Å². The molecule has 0 atom stereocenters. The van der Waals surface area contributed by atoms with E-state index in [9.17, 15) is 0 Å². The lowest BCUT2D eigenvalue weighted by Gasteiger charge is -2.23. The third-order valence-electron chi connectivity index (χ3n) is 2.13. The van der Waals surface area contributed by atoms with Gasteiger partial charge in [0, 0.05) is 6.42 Å². The predicted octanol–water partition coefficient (Wildman–Crippen LogP) is 2.64. The van der Waals surface area contributed by atoms with Gasteiger partial charge in [0.05, 0.1) is 0 Å². The van der Waals surface area contributed by atoms with Crippen LogP contribution in [-0.2, 0) is 6.42 Å². The Kier molecular flexibility index (Phi) is 2.23. The SMILES string of the molecule is Brc1nsc(CC2CCC2)n1. The van der Waals surface area contributed by atoms with E-state index < -0.39 is 0 Å². The summed E-state index contributed by atoms with van der Waals surface area (Å²) >= 11 is 4.77. The van der Waals surface area contributed by atoms with E-state index in [4.69, 9.17) is 0 Å². The van der Waals surface area contributed by atoms with Crippen molar-refractivity contribution < 1.29 is 0 Å². The minimum atomic E-state index is 0.747. The molecule has 0 saturated heterocycles. The van der Waals surface area contributed by atoms with Crippen LogP contribution in [0, 0.1) is 5.92 Å². The Labute approximate surface area is 78.3 Å². The summed E-state index contributed by atoms with van der Waals surface area (Å²) in [6.07, 6.45) is 5.32. The summed E-state index contributed by atoms with van der Waals surface area (Å²) in [6.45, 7) is 0. The maximum absolute atomic E-state index is 4.26. The van der Waals surface area contributed by atoms with Gasteiger partial charge >= 0.3 is 0 Å². The lowest BCUT2D eigenvalue weighted by molar-refractivity contribution is 0.314. The van der Waals surface area contributed by atoms with Gasteiger partial charge in [0.15, 0.2) is 0 Å². The molecule has 1 aromatic heterocycles. The third-order valence-corrected chi connectivity index (χ3v) is 3.45. The van der Waals surface area contributed by atoms with Crippen LogP contribution < -0.4 is 0 Å². The van der Waals surface area contributed by atoms with E-state index in [0.29, 0.717) is 0 Å². The van der Waals surface area contributed by atoms with Gasteiger partial charge in [-0.25, -0.2) is 4.98 Å². The van der Waals surface area contributed by atoms with Crippen molar-refractivity contribution in [1.29, 1.82) is 0 Å². The Bertz CT molecular complexity index is 244. The lowest BCUT2D eigenvalue weighted by Crippen LogP contribution is -2.13. The van der Waals surface area contributed by atoms with E-state index in [1.54, 1.807) is 0 Å². The molecule has 0 amide bonds. The highest BCUT2D eigenvalue weighted by Crippen LogP contribution is 2.30. The van der Waals surface area contributed by atoms with Crippen LogP contribution in [0.5, 0.6) is 0 Å². The summed E-state index contributed by atoms with van der Waals surface area (Å²) in [5.74, 6) is 0.898. The fourth-order valence-electron chi connectivity index (χ4n) is 1.26. The van der Waals surface area contributed by atoms with E-state index in [2.05, 4.69) is 25.3 Å². The summed E-state index contributed by atoms with van der Waals surface area (Å²) < 4.78 is 4.82. The summed E-state index contributed by atoms with van der Waals surface area (Å²) in [5, 5.41) is 1.18. The van der Waals surface area contributed by atoms with E-state index in [1.807, 2.05) is 0 Å². The standard InChI is InChI=1S/C7H9BrN2S/c8-7-9-6(11-10-7)4-5-2-1-3-5/h5H,1-4H2. The molecule has 1 aliphatic carbocycles. The number of aromatic nitrogens is 2. The van der Waals surface area contributed by atoms with Crippen molar-refractivity contribution in [2.45, 2.75) is 25.7 Å². The van der Waals surface area contributed by atoms with E-state index >= 15 is 0 Å². The minimum absolute atomic E-state index is 0.747. The molecule has 0 aromatic carbocycles. The zero-order chi connectivity index (χ0) is 7.68. The summed E-state index contributed by atoms with van der Waals surface area (Å²) in [7, 11) is 0. The first-order chi connectivity index (χ1) is 5.34. The van der Waals surface area contributed by atoms with Crippen molar-refractivity contribution in [1.82, 2.24) is 9.36 Å². The Hall–Kier alpha value is 0.0400. The fraction of sp³-hybridized carbons (Fsp3) is 0.714. The van der Waals surface area contributed by atoms with Crippen LogP contribution in [0.15, 0.2) is 4.73 Å². The smallest absolute Gasteiger partial charge is 0.209 e. The van der Waals surface area contributed by atoms with Crippen molar-refractivity contribution >= 4 is 27.5 Å². The normalized spacial score (nSPS) is 18.3. The largest absolute Gasteiger partial charge is 0.214 e. The molecule has 2 nitrogen and oxygen atoms in total. The van der Waals surface area contributed by atoms with Crippen LogP contribution in [0.3, 0.4) is 0 Å². The van der Waals surface area contributed by atoms with Gasteiger partial charge in [0.25, 0.3) is 0 Å². The van der Waals surface area contributed by atoms with Gasteiger partial charge < -0.3 is 0 Å². The first kappa shape index (κ1) is 7.68. The molecule has 60 valence electrons. The first-order valence-corrected chi connectivity index (χ1v) is 5.39. The molecule has 4 heteroatoms. The predicted molar refractivity (Wildman–Crippen MR) is 48.7 cm³/mol. The molecule has 0 spiro atoms. The highest BCUT2D eigenvalue weighted by Gasteiger charge is 2.19. The molecule has 1 aliphatic rings. The Morgan fingerprint density at radius 2 is 2.36 bits per heavy atom. The van der Waals surface area contributed by atoms with Gasteiger partial charge in [-0.3, -0.25) is 0 Å². The number of halogens is 1. The van der Waals surface area contributed by atoms with Crippen molar-refractivity contribution in [3.63, 3.8) is 0 Å². The van der Waals surface area contributed by atoms with Crippen molar-refractivity contribution in [3.05, 3.63) is 9.74 Å². The number of rotatable bonds is 2. The topological polar surface area (TPSA) is 25.8 Å². The van der Waals surface area contributed by atoms with Gasteiger partial charge in [0.1, 0.15) is 5.01 Å². The van der Waals surface area contributed by atoms with Gasteiger partial charge in [-0.15, -0.1) is 0 Å². The molecule has 11 heavy (non-hydrogen) atoms. The second-order valence-electron chi connectivity index (χ2n) is 2.96. The molecule has 0 radical (unpaired) electrons. The Morgan fingerprint density at radius 3 is 2.82 bits per heavy atom. The van der Waals surface area contributed by atoms with E-state index in [-0.39, 0.29) is 0 Å². The Morgan fingerprint density at radius 1 is 1.55 bits per heavy atom.